The molecule has 1 aliphatic heterocycles. The summed E-state index contributed by atoms with van der Waals surface area (Å²) in [6.07, 6.45) is 7.22. The van der Waals surface area contributed by atoms with Crippen LogP contribution in [0.4, 0.5) is 0 Å². The molecule has 0 spiro atoms. The van der Waals surface area contributed by atoms with Crippen LogP contribution in [0.1, 0.15) is 41.3 Å². The lowest BCUT2D eigenvalue weighted by atomic mass is 9.93. The van der Waals surface area contributed by atoms with Crippen molar-refractivity contribution in [2.45, 2.75) is 31.7 Å². The van der Waals surface area contributed by atoms with Crippen molar-refractivity contribution in [3.63, 3.8) is 0 Å². The summed E-state index contributed by atoms with van der Waals surface area (Å²) < 4.78 is 7.29. The van der Waals surface area contributed by atoms with Crippen molar-refractivity contribution in [2.24, 2.45) is 7.05 Å². The Bertz CT molecular complexity index is 903. The zero-order chi connectivity index (χ0) is 19.3. The van der Waals surface area contributed by atoms with Gasteiger partial charge in [0.25, 0.3) is 0 Å². The largest absolute Gasteiger partial charge is 0.497 e. The number of ether oxygens (including phenoxy) is 1. The van der Waals surface area contributed by atoms with Crippen LogP contribution in [0.15, 0.2) is 54.9 Å². The number of benzene rings is 1. The number of rotatable bonds is 6. The molecule has 4 rings (SSSR count). The van der Waals surface area contributed by atoms with Gasteiger partial charge >= 0.3 is 0 Å². The second kappa shape index (κ2) is 8.57. The van der Waals surface area contributed by atoms with Crippen LogP contribution in [0.25, 0.3) is 0 Å². The molecule has 2 aromatic heterocycles. The maximum absolute atomic E-state index is 5.32. The molecule has 1 aliphatic rings. The highest BCUT2D eigenvalue weighted by atomic mass is 16.5. The highest BCUT2D eigenvalue weighted by molar-refractivity contribution is 5.32. The van der Waals surface area contributed by atoms with E-state index in [1.807, 2.05) is 36.3 Å². The number of likely N-dealkylation sites (tertiary alicyclic amines) is 1. The first kappa shape index (κ1) is 18.7. The first-order valence-electron chi connectivity index (χ1n) is 9.98. The molecule has 1 aromatic carbocycles. The van der Waals surface area contributed by atoms with Crippen LogP contribution in [0.5, 0.6) is 5.75 Å². The van der Waals surface area contributed by atoms with Gasteiger partial charge in [0, 0.05) is 44.1 Å². The molecular weight excluding hydrogens is 348 g/mol. The fourth-order valence-electron chi connectivity index (χ4n) is 4.03. The molecule has 5 nitrogen and oxygen atoms in total. The average molecular weight is 377 g/mol. The van der Waals surface area contributed by atoms with Gasteiger partial charge in [-0.3, -0.25) is 14.6 Å². The topological polar surface area (TPSA) is 43.2 Å². The highest BCUT2D eigenvalue weighted by Gasteiger charge is 2.23. The van der Waals surface area contributed by atoms with E-state index in [1.165, 1.54) is 35.4 Å². The molecule has 0 amide bonds. The quantitative estimate of drug-likeness (QED) is 0.656. The van der Waals surface area contributed by atoms with Gasteiger partial charge in [-0.1, -0.05) is 18.2 Å². The predicted octanol–water partition coefficient (Wildman–Crippen LogP) is 3.79. The normalized spacial score (nSPS) is 17.6. The van der Waals surface area contributed by atoms with E-state index in [0.717, 1.165) is 31.8 Å². The van der Waals surface area contributed by atoms with Crippen LogP contribution >= 0.6 is 0 Å². The molecule has 28 heavy (non-hydrogen) atoms. The van der Waals surface area contributed by atoms with Crippen molar-refractivity contribution in [1.82, 2.24) is 19.7 Å². The van der Waals surface area contributed by atoms with E-state index >= 15 is 0 Å². The summed E-state index contributed by atoms with van der Waals surface area (Å²) in [6.45, 7) is 3.17. The molecule has 0 radical (unpaired) electrons. The molecule has 0 N–H and O–H groups in total. The van der Waals surface area contributed by atoms with Gasteiger partial charge in [-0.05, 0) is 61.2 Å². The number of methoxy groups -OCH3 is 1. The summed E-state index contributed by atoms with van der Waals surface area (Å²) >= 11 is 0. The maximum atomic E-state index is 5.32. The maximum Gasteiger partial charge on any atom is 0.119 e. The number of hydrogen-bond donors (Lipinski definition) is 0. The summed E-state index contributed by atoms with van der Waals surface area (Å²) in [5.41, 5.74) is 4.96. The van der Waals surface area contributed by atoms with Crippen molar-refractivity contribution < 1.29 is 4.74 Å². The van der Waals surface area contributed by atoms with Crippen molar-refractivity contribution in [2.75, 3.05) is 20.2 Å². The Morgan fingerprint density at radius 3 is 2.82 bits per heavy atom. The minimum Gasteiger partial charge on any atom is -0.497 e. The van der Waals surface area contributed by atoms with Gasteiger partial charge in [0.1, 0.15) is 5.75 Å². The Morgan fingerprint density at radius 2 is 2.07 bits per heavy atom. The van der Waals surface area contributed by atoms with Gasteiger partial charge in [0.2, 0.25) is 0 Å². The summed E-state index contributed by atoms with van der Waals surface area (Å²) in [4.78, 5) is 7.34. The van der Waals surface area contributed by atoms with Gasteiger partial charge in [-0.2, -0.15) is 5.10 Å². The average Bonchev–Trinajstić information content (AvgIpc) is 3.13. The minimum absolute atomic E-state index is 0.507. The van der Waals surface area contributed by atoms with Crippen molar-refractivity contribution in [3.8, 4) is 5.75 Å². The fraction of sp³-hybridized carbons (Fsp3) is 0.391. The Hall–Kier alpha value is -2.66. The first-order chi connectivity index (χ1) is 13.7. The summed E-state index contributed by atoms with van der Waals surface area (Å²) in [5, 5.41) is 4.28. The number of piperidine rings is 1. The second-order valence-electron chi connectivity index (χ2n) is 7.64. The third-order valence-corrected chi connectivity index (χ3v) is 5.62. The van der Waals surface area contributed by atoms with E-state index < -0.39 is 0 Å². The summed E-state index contributed by atoms with van der Waals surface area (Å²) in [6, 6.07) is 14.8. The number of nitrogens with zero attached hydrogens (tertiary/aromatic N) is 4. The Labute approximate surface area is 167 Å². The SMILES string of the molecule is COc1cccc(Cc2ccc([C@H]3CCCN(Cc4ccnn4C)C3)nc2)c1. The van der Waals surface area contributed by atoms with Crippen molar-refractivity contribution in [3.05, 3.63) is 77.4 Å². The van der Waals surface area contributed by atoms with E-state index in [4.69, 9.17) is 9.72 Å². The Balaban J connectivity index is 1.39. The van der Waals surface area contributed by atoms with Crippen LogP contribution in [-0.4, -0.2) is 39.9 Å². The molecule has 146 valence electrons. The van der Waals surface area contributed by atoms with Crippen LogP contribution < -0.4 is 4.74 Å². The van der Waals surface area contributed by atoms with Crippen LogP contribution in [-0.2, 0) is 20.0 Å². The molecule has 1 fully saturated rings. The zero-order valence-electron chi connectivity index (χ0n) is 16.7. The van der Waals surface area contributed by atoms with E-state index in [1.54, 1.807) is 7.11 Å². The minimum atomic E-state index is 0.507. The van der Waals surface area contributed by atoms with Crippen LogP contribution in [0, 0.1) is 0 Å². The third kappa shape index (κ3) is 4.42. The summed E-state index contributed by atoms with van der Waals surface area (Å²) in [5.74, 6) is 1.41. The zero-order valence-corrected chi connectivity index (χ0v) is 16.7. The van der Waals surface area contributed by atoms with Gasteiger partial charge in [0.05, 0.1) is 12.8 Å². The monoisotopic (exact) mass is 376 g/mol. The molecule has 0 aliphatic carbocycles. The molecule has 0 saturated carbocycles. The molecular formula is C23H28N4O. The van der Waals surface area contributed by atoms with Gasteiger partial charge < -0.3 is 4.74 Å². The van der Waals surface area contributed by atoms with Gasteiger partial charge in [-0.15, -0.1) is 0 Å². The molecule has 1 atom stereocenters. The van der Waals surface area contributed by atoms with Crippen molar-refractivity contribution >= 4 is 0 Å². The lowest BCUT2D eigenvalue weighted by Crippen LogP contribution is -2.34. The fourth-order valence-corrected chi connectivity index (χ4v) is 4.03. The molecule has 3 aromatic rings. The van der Waals surface area contributed by atoms with E-state index in [2.05, 4.69) is 40.3 Å². The predicted molar refractivity (Wildman–Crippen MR) is 110 cm³/mol. The van der Waals surface area contributed by atoms with Crippen molar-refractivity contribution in [1.29, 1.82) is 0 Å². The highest BCUT2D eigenvalue weighted by Crippen LogP contribution is 2.27. The molecule has 3 heterocycles. The van der Waals surface area contributed by atoms with Crippen LogP contribution in [0.2, 0.25) is 0 Å². The van der Waals surface area contributed by atoms with Gasteiger partial charge in [-0.25, -0.2) is 0 Å². The van der Waals surface area contributed by atoms with E-state index in [0.29, 0.717) is 5.92 Å². The first-order valence-corrected chi connectivity index (χ1v) is 9.98. The van der Waals surface area contributed by atoms with E-state index in [-0.39, 0.29) is 0 Å². The number of hydrogen-bond acceptors (Lipinski definition) is 4. The van der Waals surface area contributed by atoms with E-state index in [9.17, 15) is 0 Å². The number of pyridine rings is 1. The number of aryl methyl sites for hydroxylation is 1. The Kier molecular flexibility index (Phi) is 5.72. The standard InChI is InChI=1S/C23H28N4O/c1-26-21(10-11-25-26)17-27-12-4-6-20(16-27)23-9-8-19(15-24-23)13-18-5-3-7-22(14-18)28-2/h3,5,7-11,14-15,20H,4,6,12-13,16-17H2,1-2H3/t20-/m0/s1. The van der Waals surface area contributed by atoms with Crippen LogP contribution in [0.3, 0.4) is 0 Å². The number of aromatic nitrogens is 3. The Morgan fingerprint density at radius 1 is 1.14 bits per heavy atom. The molecule has 1 saturated heterocycles. The summed E-state index contributed by atoms with van der Waals surface area (Å²) in [7, 11) is 3.72. The molecule has 0 unspecified atom stereocenters. The second-order valence-corrected chi connectivity index (χ2v) is 7.64. The molecule has 0 bridgehead atoms. The molecule has 5 heteroatoms. The third-order valence-electron chi connectivity index (χ3n) is 5.62. The lowest BCUT2D eigenvalue weighted by Gasteiger charge is -2.32. The smallest absolute Gasteiger partial charge is 0.119 e. The van der Waals surface area contributed by atoms with Gasteiger partial charge in [0.15, 0.2) is 0 Å². The lowest BCUT2D eigenvalue weighted by molar-refractivity contribution is 0.194.